The van der Waals surface area contributed by atoms with Gasteiger partial charge in [-0.05, 0) is 78.9 Å². The summed E-state index contributed by atoms with van der Waals surface area (Å²) >= 11 is 0. The summed E-state index contributed by atoms with van der Waals surface area (Å²) in [5, 5.41) is 12.6. The summed E-state index contributed by atoms with van der Waals surface area (Å²) in [6.07, 6.45) is -11.2. The van der Waals surface area contributed by atoms with Crippen molar-refractivity contribution < 1.29 is 55.3 Å². The van der Waals surface area contributed by atoms with E-state index >= 15 is 0 Å². The molecule has 1 aliphatic heterocycles. The Kier molecular flexibility index (Phi) is 10.6. The predicted octanol–water partition coefficient (Wildman–Crippen LogP) is 8.66. The highest BCUT2D eigenvalue weighted by Crippen LogP contribution is 2.40. The lowest BCUT2D eigenvalue weighted by Gasteiger charge is -2.37. The zero-order valence-corrected chi connectivity index (χ0v) is 28.1. The molecule has 14 heteroatoms. The van der Waals surface area contributed by atoms with Crippen molar-refractivity contribution in [1.29, 1.82) is 0 Å². The van der Waals surface area contributed by atoms with Crippen molar-refractivity contribution >= 4 is 18.0 Å². The van der Waals surface area contributed by atoms with Crippen LogP contribution in [0.5, 0.6) is 11.5 Å². The quantitative estimate of drug-likeness (QED) is 0.176. The van der Waals surface area contributed by atoms with Crippen LogP contribution in [-0.4, -0.2) is 45.7 Å². The van der Waals surface area contributed by atoms with Gasteiger partial charge in [-0.1, -0.05) is 60.7 Å². The van der Waals surface area contributed by atoms with Gasteiger partial charge in [0, 0.05) is 12.8 Å². The van der Waals surface area contributed by atoms with Crippen LogP contribution < -0.4 is 10.1 Å². The molecule has 8 nitrogen and oxygen atoms in total. The number of aliphatic carboxylic acids is 1. The lowest BCUT2D eigenvalue weighted by atomic mass is 9.93. The number of rotatable bonds is 8. The van der Waals surface area contributed by atoms with Gasteiger partial charge in [-0.25, -0.2) is 9.59 Å². The Hall–Kier alpha value is -5.53. The molecule has 0 bridgehead atoms. The Morgan fingerprint density at radius 1 is 0.788 bits per heavy atom. The molecule has 0 saturated carbocycles. The molecule has 0 spiro atoms. The molecule has 1 heterocycles. The maximum Gasteiger partial charge on any atom is 0.416 e. The second-order valence-electron chi connectivity index (χ2n) is 13.3. The summed E-state index contributed by atoms with van der Waals surface area (Å²) < 4.78 is 91.4. The lowest BCUT2D eigenvalue weighted by molar-refractivity contribution is -0.143. The molecule has 0 aromatic heterocycles. The van der Waals surface area contributed by atoms with Gasteiger partial charge in [0.25, 0.3) is 0 Å². The number of halogens is 6. The Morgan fingerprint density at radius 3 is 1.94 bits per heavy atom. The molecule has 2 amide bonds. The number of fused-ring (bicyclic) bond motifs is 1. The number of amides is 2. The second kappa shape index (κ2) is 14.6. The maximum absolute atomic E-state index is 13.7. The summed E-state index contributed by atoms with van der Waals surface area (Å²) in [7, 11) is 0. The Labute approximate surface area is 295 Å². The number of ether oxygens (including phenoxy) is 2. The van der Waals surface area contributed by atoms with E-state index in [1.54, 1.807) is 32.9 Å². The van der Waals surface area contributed by atoms with Crippen molar-refractivity contribution in [2.45, 2.75) is 70.2 Å². The highest BCUT2D eigenvalue weighted by molar-refractivity contribution is 5.90. The van der Waals surface area contributed by atoms with E-state index in [1.807, 2.05) is 42.5 Å². The zero-order chi connectivity index (χ0) is 38.0. The van der Waals surface area contributed by atoms with Gasteiger partial charge in [0.05, 0.1) is 17.7 Å². The molecule has 0 radical (unpaired) electrons. The molecule has 0 saturated heterocycles. The van der Waals surface area contributed by atoms with Gasteiger partial charge < -0.3 is 19.9 Å². The van der Waals surface area contributed by atoms with Crippen molar-refractivity contribution in [3.05, 3.63) is 119 Å². The first kappa shape index (κ1) is 37.7. The largest absolute Gasteiger partial charge is 0.480 e. The standard InChI is InChI=1S/C38H34F6N2O6/c1-36(2,3)52-35(50)46-21-26-16-29(51-30-19-27(37(39,40)41)18-28(20-30)38(42,43)44)14-13-25(26)17-32(46)33(47)45-31(34(48)49)15-22-9-11-24(12-10-22)23-7-5-4-6-8-23/h4-14,16,18-20,31-32H,15,17,21H2,1-3H3,(H,45,47)(H,48,49)/t31-,32-/m0/s1. The Morgan fingerprint density at radius 2 is 1.38 bits per heavy atom. The van der Waals surface area contributed by atoms with Crippen LogP contribution >= 0.6 is 0 Å². The van der Waals surface area contributed by atoms with E-state index in [-0.39, 0.29) is 31.2 Å². The number of alkyl halides is 6. The van der Waals surface area contributed by atoms with E-state index in [0.29, 0.717) is 28.8 Å². The van der Waals surface area contributed by atoms with Crippen LogP contribution in [0.3, 0.4) is 0 Å². The van der Waals surface area contributed by atoms with E-state index in [4.69, 9.17) is 9.47 Å². The normalized spacial score (nSPS) is 15.3. The van der Waals surface area contributed by atoms with Gasteiger partial charge in [0.15, 0.2) is 0 Å². The van der Waals surface area contributed by atoms with Crippen molar-refractivity contribution in [3.8, 4) is 22.6 Å². The van der Waals surface area contributed by atoms with Crippen molar-refractivity contribution in [1.82, 2.24) is 10.2 Å². The number of hydrogen-bond acceptors (Lipinski definition) is 5. The van der Waals surface area contributed by atoms with Crippen LogP contribution in [0.1, 0.15) is 48.6 Å². The minimum atomic E-state index is -5.08. The lowest BCUT2D eigenvalue weighted by Crippen LogP contribution is -2.56. The minimum Gasteiger partial charge on any atom is -0.480 e. The summed E-state index contributed by atoms with van der Waals surface area (Å²) in [5.41, 5.74) is -0.669. The number of carboxylic acid groups (broad SMARTS) is 1. The highest BCUT2D eigenvalue weighted by atomic mass is 19.4. The fourth-order valence-corrected chi connectivity index (χ4v) is 5.66. The number of carboxylic acids is 1. The third-order valence-corrected chi connectivity index (χ3v) is 8.15. The fraction of sp³-hybridized carbons (Fsp3) is 0.289. The number of nitrogens with zero attached hydrogens (tertiary/aromatic N) is 1. The van der Waals surface area contributed by atoms with Crippen molar-refractivity contribution in [2.24, 2.45) is 0 Å². The van der Waals surface area contributed by atoms with Crippen molar-refractivity contribution in [2.75, 3.05) is 0 Å². The molecule has 1 aliphatic rings. The molecule has 4 aromatic carbocycles. The third-order valence-electron chi connectivity index (χ3n) is 8.15. The topological polar surface area (TPSA) is 105 Å². The molecule has 274 valence electrons. The predicted molar refractivity (Wildman–Crippen MR) is 177 cm³/mol. The monoisotopic (exact) mass is 728 g/mol. The number of carbonyl (C=O) groups is 3. The SMILES string of the molecule is CC(C)(C)OC(=O)N1Cc2cc(Oc3cc(C(F)(F)F)cc(C(F)(F)F)c3)ccc2C[C@H]1C(=O)N[C@@H](Cc1ccc(-c2ccccc2)cc1)C(=O)O. The zero-order valence-electron chi connectivity index (χ0n) is 28.1. The molecular formula is C38H34F6N2O6. The molecule has 52 heavy (non-hydrogen) atoms. The van der Waals surface area contributed by atoms with Gasteiger partial charge in [0.1, 0.15) is 29.2 Å². The van der Waals surface area contributed by atoms with E-state index in [2.05, 4.69) is 5.32 Å². The molecule has 5 rings (SSSR count). The number of carbonyl (C=O) groups excluding carboxylic acids is 2. The number of benzene rings is 4. The molecule has 0 aliphatic carbocycles. The van der Waals surface area contributed by atoms with Gasteiger partial charge in [-0.2, -0.15) is 26.3 Å². The van der Waals surface area contributed by atoms with Crippen LogP contribution in [0, 0.1) is 0 Å². The van der Waals surface area contributed by atoms with Crippen LogP contribution in [0.2, 0.25) is 0 Å². The summed E-state index contributed by atoms with van der Waals surface area (Å²) in [6.45, 7) is 4.56. The van der Waals surface area contributed by atoms with E-state index in [9.17, 15) is 45.8 Å². The first-order chi connectivity index (χ1) is 24.3. The minimum absolute atomic E-state index is 0.0137. The third kappa shape index (κ3) is 9.42. The van der Waals surface area contributed by atoms with Gasteiger partial charge in [0.2, 0.25) is 5.91 Å². The maximum atomic E-state index is 13.7. The molecule has 2 N–H and O–H groups in total. The molecular weight excluding hydrogens is 694 g/mol. The molecule has 4 aromatic rings. The van der Waals surface area contributed by atoms with Crippen LogP contribution in [0.15, 0.2) is 91.0 Å². The summed E-state index contributed by atoms with van der Waals surface area (Å²) in [5.74, 6) is -2.91. The molecule has 0 fully saturated rings. The van der Waals surface area contributed by atoms with Crippen LogP contribution in [0.4, 0.5) is 31.1 Å². The fourth-order valence-electron chi connectivity index (χ4n) is 5.66. The first-order valence-corrected chi connectivity index (χ1v) is 16.0. The number of nitrogens with one attached hydrogen (secondary N) is 1. The summed E-state index contributed by atoms with van der Waals surface area (Å²) in [6, 6.07) is 19.2. The van der Waals surface area contributed by atoms with E-state index < -0.39 is 64.9 Å². The average Bonchev–Trinajstić information content (AvgIpc) is 3.06. The van der Waals surface area contributed by atoms with Gasteiger partial charge >= 0.3 is 24.4 Å². The first-order valence-electron chi connectivity index (χ1n) is 16.0. The Balaban J connectivity index is 1.38. The molecule has 2 atom stereocenters. The van der Waals surface area contributed by atoms with Gasteiger partial charge in [-0.3, -0.25) is 9.69 Å². The van der Waals surface area contributed by atoms with Gasteiger partial charge in [-0.15, -0.1) is 0 Å². The second-order valence-corrected chi connectivity index (χ2v) is 13.3. The molecule has 0 unspecified atom stereocenters. The van der Waals surface area contributed by atoms with Crippen LogP contribution in [-0.2, 0) is 46.1 Å². The number of hydrogen-bond donors (Lipinski definition) is 2. The summed E-state index contributed by atoms with van der Waals surface area (Å²) in [4.78, 5) is 40.5. The average molecular weight is 729 g/mol. The highest BCUT2D eigenvalue weighted by Gasteiger charge is 2.40. The van der Waals surface area contributed by atoms with Crippen LogP contribution in [0.25, 0.3) is 11.1 Å². The van der Waals surface area contributed by atoms with E-state index in [0.717, 1.165) is 16.0 Å². The van der Waals surface area contributed by atoms with E-state index in [1.165, 1.54) is 18.2 Å². The smallest absolute Gasteiger partial charge is 0.416 e. The Bertz CT molecular complexity index is 1910. The van der Waals surface area contributed by atoms with Crippen molar-refractivity contribution in [3.63, 3.8) is 0 Å².